The maximum absolute atomic E-state index is 13.1. The maximum Gasteiger partial charge on any atom is 0.322 e. The summed E-state index contributed by atoms with van der Waals surface area (Å²) in [6, 6.07) is 0.277. The molecule has 2 N–H and O–H groups in total. The van der Waals surface area contributed by atoms with Gasteiger partial charge in [0.1, 0.15) is 6.04 Å². The molecule has 1 aromatic rings. The van der Waals surface area contributed by atoms with Gasteiger partial charge in [0.15, 0.2) is 0 Å². The highest BCUT2D eigenvalue weighted by Gasteiger charge is 2.27. The number of aliphatic carboxylic acids is 1. The standard InChI is InChI=1S/C11H9FN2O6S/c1-2-3-9(11(15)16)13-21(19,20)7-4-5-8(12)10(6-7)14(17)18/h1,4-6,9,13H,3H2,(H,15,16). The van der Waals surface area contributed by atoms with Crippen molar-refractivity contribution >= 4 is 21.7 Å². The van der Waals surface area contributed by atoms with E-state index in [4.69, 9.17) is 11.5 Å². The number of halogens is 1. The minimum atomic E-state index is -4.40. The van der Waals surface area contributed by atoms with Crippen LogP contribution in [0.3, 0.4) is 0 Å². The van der Waals surface area contributed by atoms with Crippen LogP contribution in [-0.2, 0) is 14.8 Å². The Hall–Kier alpha value is -2.51. The van der Waals surface area contributed by atoms with Crippen LogP contribution in [0.15, 0.2) is 23.1 Å². The number of hydrogen-bond donors (Lipinski definition) is 2. The van der Waals surface area contributed by atoms with Crippen LogP contribution in [0.1, 0.15) is 6.42 Å². The summed E-state index contributed by atoms with van der Waals surface area (Å²) in [6.45, 7) is 0. The number of carboxylic acid groups (broad SMARTS) is 1. The van der Waals surface area contributed by atoms with E-state index in [1.807, 2.05) is 5.92 Å². The monoisotopic (exact) mass is 316 g/mol. The number of hydrogen-bond acceptors (Lipinski definition) is 5. The van der Waals surface area contributed by atoms with Gasteiger partial charge in [0.05, 0.1) is 9.82 Å². The van der Waals surface area contributed by atoms with Gasteiger partial charge in [0, 0.05) is 12.5 Å². The summed E-state index contributed by atoms with van der Waals surface area (Å²) in [5, 5.41) is 19.4. The number of carboxylic acids is 1. The fourth-order valence-electron chi connectivity index (χ4n) is 1.35. The summed E-state index contributed by atoms with van der Waals surface area (Å²) in [7, 11) is -4.40. The van der Waals surface area contributed by atoms with Crippen LogP contribution in [0.2, 0.25) is 0 Å². The third-order valence-electron chi connectivity index (χ3n) is 2.34. The Labute approximate surface area is 118 Å². The van der Waals surface area contributed by atoms with Crippen LogP contribution in [-0.4, -0.2) is 30.5 Å². The smallest absolute Gasteiger partial charge is 0.322 e. The van der Waals surface area contributed by atoms with Crippen molar-refractivity contribution in [3.8, 4) is 12.3 Å². The first-order valence-corrected chi connectivity index (χ1v) is 6.80. The van der Waals surface area contributed by atoms with E-state index in [0.29, 0.717) is 12.1 Å². The van der Waals surface area contributed by atoms with E-state index in [2.05, 4.69) is 0 Å². The van der Waals surface area contributed by atoms with Crippen LogP contribution < -0.4 is 4.72 Å². The molecule has 1 atom stereocenters. The van der Waals surface area contributed by atoms with Crippen LogP contribution in [0.25, 0.3) is 0 Å². The Morgan fingerprint density at radius 1 is 1.57 bits per heavy atom. The summed E-state index contributed by atoms with van der Waals surface area (Å²) in [6.07, 6.45) is 4.50. The number of benzene rings is 1. The lowest BCUT2D eigenvalue weighted by Crippen LogP contribution is -2.40. The lowest BCUT2D eigenvalue weighted by atomic mass is 10.2. The third-order valence-corrected chi connectivity index (χ3v) is 3.81. The predicted molar refractivity (Wildman–Crippen MR) is 68.2 cm³/mol. The number of nitro benzene ring substituents is 1. The summed E-state index contributed by atoms with van der Waals surface area (Å²) < 4.78 is 38.8. The molecule has 1 unspecified atom stereocenters. The molecular weight excluding hydrogens is 307 g/mol. The first kappa shape index (κ1) is 16.5. The second kappa shape index (κ2) is 6.29. The van der Waals surface area contributed by atoms with Crippen LogP contribution >= 0.6 is 0 Å². The summed E-state index contributed by atoms with van der Waals surface area (Å²) in [5.41, 5.74) is -1.04. The summed E-state index contributed by atoms with van der Waals surface area (Å²) in [5.74, 6) is -0.731. The van der Waals surface area contributed by atoms with Crippen molar-refractivity contribution in [2.75, 3.05) is 0 Å². The Kier molecular flexibility index (Phi) is 4.96. The number of nitro groups is 1. The number of sulfonamides is 1. The molecule has 21 heavy (non-hydrogen) atoms. The second-order valence-corrected chi connectivity index (χ2v) is 5.50. The molecule has 0 amide bonds. The Morgan fingerprint density at radius 3 is 2.67 bits per heavy atom. The number of nitrogens with one attached hydrogen (secondary N) is 1. The number of nitrogens with zero attached hydrogens (tertiary/aromatic N) is 1. The van der Waals surface area contributed by atoms with E-state index in [9.17, 15) is 27.7 Å². The van der Waals surface area contributed by atoms with E-state index >= 15 is 0 Å². The van der Waals surface area contributed by atoms with Crippen molar-refractivity contribution < 1.29 is 27.6 Å². The quantitative estimate of drug-likeness (QED) is 0.447. The first-order chi connectivity index (χ1) is 9.69. The van der Waals surface area contributed by atoms with Crippen molar-refractivity contribution in [2.45, 2.75) is 17.4 Å². The summed E-state index contributed by atoms with van der Waals surface area (Å²) >= 11 is 0. The van der Waals surface area contributed by atoms with Crippen molar-refractivity contribution in [1.82, 2.24) is 4.72 Å². The molecule has 0 spiro atoms. The Bertz CT molecular complexity index is 725. The molecule has 0 heterocycles. The van der Waals surface area contributed by atoms with Gasteiger partial charge in [-0.3, -0.25) is 14.9 Å². The largest absolute Gasteiger partial charge is 0.480 e. The highest BCUT2D eigenvalue weighted by atomic mass is 32.2. The molecule has 10 heteroatoms. The zero-order valence-electron chi connectivity index (χ0n) is 10.3. The van der Waals surface area contributed by atoms with Crippen LogP contribution in [0.4, 0.5) is 10.1 Å². The molecule has 0 bridgehead atoms. The lowest BCUT2D eigenvalue weighted by Gasteiger charge is -2.12. The van der Waals surface area contributed by atoms with E-state index in [-0.39, 0.29) is 0 Å². The minimum Gasteiger partial charge on any atom is -0.480 e. The zero-order chi connectivity index (χ0) is 16.2. The van der Waals surface area contributed by atoms with E-state index in [1.165, 1.54) is 0 Å². The molecule has 0 fully saturated rings. The molecule has 112 valence electrons. The van der Waals surface area contributed by atoms with Gasteiger partial charge < -0.3 is 5.11 Å². The number of terminal acetylenes is 1. The predicted octanol–water partition coefficient (Wildman–Crippen LogP) is 0.489. The molecule has 0 saturated carbocycles. The van der Waals surface area contributed by atoms with E-state index in [0.717, 1.165) is 6.07 Å². The molecule has 0 radical (unpaired) electrons. The van der Waals surface area contributed by atoms with Crippen LogP contribution in [0.5, 0.6) is 0 Å². The zero-order valence-corrected chi connectivity index (χ0v) is 11.1. The van der Waals surface area contributed by atoms with Crippen LogP contribution in [0, 0.1) is 28.3 Å². The van der Waals surface area contributed by atoms with E-state index < -0.39 is 49.8 Å². The SMILES string of the molecule is C#CCC(NS(=O)(=O)c1ccc(F)c([N+](=O)[O-])c1)C(=O)O. The first-order valence-electron chi connectivity index (χ1n) is 5.31. The van der Waals surface area contributed by atoms with Crippen molar-refractivity contribution in [2.24, 2.45) is 0 Å². The molecule has 8 nitrogen and oxygen atoms in total. The second-order valence-electron chi connectivity index (χ2n) is 3.79. The topological polar surface area (TPSA) is 127 Å². The minimum absolute atomic E-state index is 0.419. The van der Waals surface area contributed by atoms with E-state index in [1.54, 1.807) is 4.72 Å². The molecule has 0 aromatic heterocycles. The third kappa shape index (κ3) is 3.98. The maximum atomic E-state index is 13.1. The van der Waals surface area contributed by atoms with Gasteiger partial charge >= 0.3 is 11.7 Å². The lowest BCUT2D eigenvalue weighted by molar-refractivity contribution is -0.387. The Balaban J connectivity index is 3.20. The molecule has 0 saturated heterocycles. The average Bonchev–Trinajstić information content (AvgIpc) is 2.37. The van der Waals surface area contributed by atoms with Gasteiger partial charge in [-0.25, -0.2) is 8.42 Å². The van der Waals surface area contributed by atoms with Crippen molar-refractivity contribution in [3.05, 3.63) is 34.1 Å². The average molecular weight is 316 g/mol. The molecule has 1 rings (SSSR count). The highest BCUT2D eigenvalue weighted by molar-refractivity contribution is 7.89. The Morgan fingerprint density at radius 2 is 2.19 bits per heavy atom. The highest BCUT2D eigenvalue weighted by Crippen LogP contribution is 2.21. The number of carbonyl (C=O) groups is 1. The molecule has 0 aliphatic heterocycles. The van der Waals surface area contributed by atoms with Gasteiger partial charge in [0.25, 0.3) is 0 Å². The van der Waals surface area contributed by atoms with Crippen molar-refractivity contribution in [1.29, 1.82) is 0 Å². The molecule has 0 aliphatic carbocycles. The van der Waals surface area contributed by atoms with Gasteiger partial charge in [-0.2, -0.15) is 9.11 Å². The van der Waals surface area contributed by atoms with Gasteiger partial charge in [-0.1, -0.05) is 0 Å². The normalized spacial score (nSPS) is 12.4. The number of rotatable bonds is 6. The fourth-order valence-corrected chi connectivity index (χ4v) is 2.56. The molecule has 0 aliphatic rings. The summed E-state index contributed by atoms with van der Waals surface area (Å²) in [4.78, 5) is 19.7. The molecule has 1 aromatic carbocycles. The van der Waals surface area contributed by atoms with Gasteiger partial charge in [0.2, 0.25) is 15.8 Å². The van der Waals surface area contributed by atoms with Gasteiger partial charge in [-0.05, 0) is 12.1 Å². The molecular formula is C11H9FN2O6S. The van der Waals surface area contributed by atoms with Gasteiger partial charge in [-0.15, -0.1) is 12.3 Å². The van der Waals surface area contributed by atoms with Crippen molar-refractivity contribution in [3.63, 3.8) is 0 Å². The fraction of sp³-hybridized carbons (Fsp3) is 0.182.